The Hall–Kier alpha value is -3.32. The van der Waals surface area contributed by atoms with Crippen LogP contribution in [0, 0.1) is 0 Å². The van der Waals surface area contributed by atoms with E-state index in [2.05, 4.69) is 20.4 Å². The molecule has 0 saturated carbocycles. The number of aliphatic hydroxyl groups excluding tert-OH is 1. The molecule has 1 heterocycles. The summed E-state index contributed by atoms with van der Waals surface area (Å²) in [5.41, 5.74) is 2.65. The van der Waals surface area contributed by atoms with E-state index in [9.17, 15) is 14.7 Å². The summed E-state index contributed by atoms with van der Waals surface area (Å²) >= 11 is 3.37. The van der Waals surface area contributed by atoms with Crippen LogP contribution in [0.1, 0.15) is 30.5 Å². The number of thioether (sulfide) groups is 2. The molecule has 1 aliphatic heterocycles. The lowest BCUT2D eigenvalue weighted by atomic mass is 10.00. The van der Waals surface area contributed by atoms with Crippen molar-refractivity contribution < 1.29 is 38.4 Å². The molecule has 0 aromatic heterocycles. The molecule has 1 saturated heterocycles. The SMILES string of the molecule is C=CCO[C@@H]([C@@H](O)[C@H](OCc1ccc(OC)cc1)C(=O)N1C(=O)OCC1Cc1ccccc1)[C@@H](OCc1ccccc1)C(SCC)SCC. The third kappa shape index (κ3) is 11.1. The van der Waals surface area contributed by atoms with Crippen molar-refractivity contribution in [1.29, 1.82) is 0 Å². The molecule has 11 heteroatoms. The van der Waals surface area contributed by atoms with E-state index >= 15 is 0 Å². The summed E-state index contributed by atoms with van der Waals surface area (Å²) in [7, 11) is 1.58. The molecule has 3 aromatic carbocycles. The maximum Gasteiger partial charge on any atom is 0.417 e. The Balaban J connectivity index is 1.70. The molecule has 49 heavy (non-hydrogen) atoms. The van der Waals surface area contributed by atoms with Gasteiger partial charge in [-0.15, -0.1) is 30.1 Å². The van der Waals surface area contributed by atoms with Gasteiger partial charge in [0.15, 0.2) is 6.10 Å². The van der Waals surface area contributed by atoms with Gasteiger partial charge in [-0.25, -0.2) is 9.69 Å². The van der Waals surface area contributed by atoms with Gasteiger partial charge in [0.05, 0.1) is 37.6 Å². The van der Waals surface area contributed by atoms with Crippen molar-refractivity contribution in [2.24, 2.45) is 0 Å². The Morgan fingerprint density at radius 3 is 2.08 bits per heavy atom. The second-order valence-electron chi connectivity index (χ2n) is 11.3. The first-order valence-electron chi connectivity index (χ1n) is 16.5. The van der Waals surface area contributed by atoms with Crippen molar-refractivity contribution in [3.8, 4) is 5.75 Å². The van der Waals surface area contributed by atoms with Gasteiger partial charge < -0.3 is 28.8 Å². The van der Waals surface area contributed by atoms with E-state index in [4.69, 9.17) is 23.7 Å². The summed E-state index contributed by atoms with van der Waals surface area (Å²) in [6.45, 7) is 8.31. The fourth-order valence-electron chi connectivity index (χ4n) is 5.53. The number of hydrogen-bond donors (Lipinski definition) is 1. The smallest absolute Gasteiger partial charge is 0.417 e. The van der Waals surface area contributed by atoms with Crippen molar-refractivity contribution in [1.82, 2.24) is 4.90 Å². The second kappa shape index (κ2) is 20.4. The molecule has 0 radical (unpaired) electrons. The van der Waals surface area contributed by atoms with Crippen LogP contribution in [-0.4, -0.2) is 88.9 Å². The maximum atomic E-state index is 14.5. The summed E-state index contributed by atoms with van der Waals surface area (Å²) in [6, 6.07) is 26.0. The standard InChI is InChI=1S/C38H47NO8S2/c1-5-22-44-33(35(37(48-6-2)49-7-3)46-24-28-16-12-9-13-17-28)32(40)34(45-25-29-18-20-31(43-4)21-19-29)36(41)39-30(26-47-38(39)42)23-27-14-10-8-11-15-27/h5,8-21,30,32-35,37,40H,1,6-7,22-26H2,2-4H3/t30?,32-,33+,34+,35-/m1/s1. The zero-order valence-electron chi connectivity index (χ0n) is 28.3. The van der Waals surface area contributed by atoms with Crippen molar-refractivity contribution in [3.05, 3.63) is 114 Å². The molecule has 0 spiro atoms. The maximum absolute atomic E-state index is 14.5. The first-order valence-corrected chi connectivity index (χ1v) is 18.6. The fraction of sp³-hybridized carbons (Fsp3) is 0.421. The molecule has 1 N–H and O–H groups in total. The molecule has 1 fully saturated rings. The Bertz CT molecular complexity index is 1420. The van der Waals surface area contributed by atoms with Crippen LogP contribution < -0.4 is 4.74 Å². The van der Waals surface area contributed by atoms with Crippen LogP contribution >= 0.6 is 23.5 Å². The number of aliphatic hydroxyl groups is 1. The van der Waals surface area contributed by atoms with Gasteiger partial charge in [-0.3, -0.25) is 4.79 Å². The van der Waals surface area contributed by atoms with E-state index in [-0.39, 0.29) is 31.0 Å². The molecule has 0 bridgehead atoms. The molecule has 264 valence electrons. The van der Waals surface area contributed by atoms with Gasteiger partial charge in [-0.05, 0) is 46.7 Å². The number of ether oxygens (including phenoxy) is 5. The van der Waals surface area contributed by atoms with E-state index in [1.54, 1.807) is 48.8 Å². The number of amides is 2. The van der Waals surface area contributed by atoms with Crippen molar-refractivity contribution in [3.63, 3.8) is 0 Å². The lowest BCUT2D eigenvalue weighted by molar-refractivity contribution is -0.175. The number of methoxy groups -OCH3 is 1. The van der Waals surface area contributed by atoms with Crippen LogP contribution in [0.4, 0.5) is 4.79 Å². The van der Waals surface area contributed by atoms with Crippen LogP contribution in [0.2, 0.25) is 0 Å². The van der Waals surface area contributed by atoms with E-state index in [0.29, 0.717) is 12.2 Å². The number of hydrogen-bond acceptors (Lipinski definition) is 10. The molecule has 9 nitrogen and oxygen atoms in total. The van der Waals surface area contributed by atoms with Gasteiger partial charge in [-0.1, -0.05) is 92.7 Å². The highest BCUT2D eigenvalue weighted by molar-refractivity contribution is 8.17. The molecular formula is C38H47NO8S2. The van der Waals surface area contributed by atoms with Gasteiger partial charge in [0.2, 0.25) is 0 Å². The summed E-state index contributed by atoms with van der Waals surface area (Å²) in [4.78, 5) is 28.8. The van der Waals surface area contributed by atoms with E-state index in [1.807, 2.05) is 72.8 Å². The first-order chi connectivity index (χ1) is 23.9. The monoisotopic (exact) mass is 709 g/mol. The van der Waals surface area contributed by atoms with Crippen molar-refractivity contribution in [2.45, 2.75) is 68.5 Å². The van der Waals surface area contributed by atoms with Gasteiger partial charge in [0.25, 0.3) is 5.91 Å². The van der Waals surface area contributed by atoms with Crippen LogP contribution in [0.15, 0.2) is 97.6 Å². The molecule has 4 rings (SSSR count). The first kappa shape index (κ1) is 38.5. The minimum absolute atomic E-state index is 0.0235. The van der Waals surface area contributed by atoms with E-state index in [1.165, 1.54) is 0 Å². The molecule has 1 unspecified atom stereocenters. The number of imide groups is 1. The highest BCUT2D eigenvalue weighted by atomic mass is 32.2. The third-order valence-corrected chi connectivity index (χ3v) is 10.6. The molecule has 0 aliphatic carbocycles. The Labute approximate surface area is 298 Å². The summed E-state index contributed by atoms with van der Waals surface area (Å²) in [6.07, 6.45) is -3.53. The lowest BCUT2D eigenvalue weighted by Gasteiger charge is -2.38. The lowest BCUT2D eigenvalue weighted by Crippen LogP contribution is -2.57. The Morgan fingerprint density at radius 2 is 1.49 bits per heavy atom. The number of nitrogens with zero attached hydrogens (tertiary/aromatic N) is 1. The normalized spacial score (nSPS) is 17.0. The van der Waals surface area contributed by atoms with Gasteiger partial charge >= 0.3 is 6.09 Å². The highest BCUT2D eigenvalue weighted by Crippen LogP contribution is 2.34. The Kier molecular flexibility index (Phi) is 16.0. The predicted molar refractivity (Wildman–Crippen MR) is 195 cm³/mol. The average Bonchev–Trinajstić information content (AvgIpc) is 3.49. The second-order valence-corrected chi connectivity index (χ2v) is 14.5. The molecule has 3 aromatic rings. The minimum Gasteiger partial charge on any atom is -0.497 e. The fourth-order valence-corrected chi connectivity index (χ4v) is 8.23. The summed E-state index contributed by atoms with van der Waals surface area (Å²) < 4.78 is 29.7. The Morgan fingerprint density at radius 1 is 0.898 bits per heavy atom. The van der Waals surface area contributed by atoms with Gasteiger partial charge in [0, 0.05) is 0 Å². The zero-order valence-corrected chi connectivity index (χ0v) is 30.0. The molecular weight excluding hydrogens is 663 g/mol. The predicted octanol–water partition coefficient (Wildman–Crippen LogP) is 6.52. The topological polar surface area (TPSA) is 104 Å². The summed E-state index contributed by atoms with van der Waals surface area (Å²) in [5.74, 6) is 1.56. The van der Waals surface area contributed by atoms with Gasteiger partial charge in [0.1, 0.15) is 30.7 Å². The van der Waals surface area contributed by atoms with Gasteiger partial charge in [-0.2, -0.15) is 0 Å². The quantitative estimate of drug-likeness (QED) is 0.0972. The third-order valence-electron chi connectivity index (χ3n) is 7.94. The number of benzene rings is 3. The van der Waals surface area contributed by atoms with Crippen molar-refractivity contribution >= 4 is 35.5 Å². The molecule has 1 aliphatic rings. The van der Waals surface area contributed by atoms with Crippen LogP contribution in [0.25, 0.3) is 0 Å². The number of carbonyl (C=O) groups is 2. The number of rotatable bonds is 21. The van der Waals surface area contributed by atoms with Crippen LogP contribution in [-0.2, 0) is 43.4 Å². The number of carbonyl (C=O) groups excluding carboxylic acids is 2. The summed E-state index contributed by atoms with van der Waals surface area (Å²) in [5, 5.41) is 12.3. The van der Waals surface area contributed by atoms with E-state index < -0.39 is 42.5 Å². The zero-order chi connectivity index (χ0) is 35.0. The highest BCUT2D eigenvalue weighted by Gasteiger charge is 2.48. The van der Waals surface area contributed by atoms with Crippen LogP contribution in [0.3, 0.4) is 0 Å². The minimum atomic E-state index is -1.53. The van der Waals surface area contributed by atoms with Crippen LogP contribution in [0.5, 0.6) is 5.75 Å². The average molecular weight is 710 g/mol. The largest absolute Gasteiger partial charge is 0.497 e. The van der Waals surface area contributed by atoms with E-state index in [0.717, 1.165) is 33.1 Å². The van der Waals surface area contributed by atoms with Crippen molar-refractivity contribution in [2.75, 3.05) is 31.8 Å². The molecule has 2 amide bonds. The number of cyclic esters (lactones) is 1. The molecule has 5 atom stereocenters.